The highest BCUT2D eigenvalue weighted by Crippen LogP contribution is 2.40. The lowest BCUT2D eigenvalue weighted by atomic mass is 9.83. The third-order valence-corrected chi connectivity index (χ3v) is 7.55. The van der Waals surface area contributed by atoms with Gasteiger partial charge in [-0.25, -0.2) is 0 Å². The summed E-state index contributed by atoms with van der Waals surface area (Å²) in [6.07, 6.45) is -3.89. The van der Waals surface area contributed by atoms with E-state index < -0.39 is 17.3 Å². The molecule has 3 heterocycles. The fraction of sp³-hybridized carbons (Fsp3) is 0.379. The van der Waals surface area contributed by atoms with E-state index in [-0.39, 0.29) is 12.8 Å². The molecule has 2 aromatic carbocycles. The summed E-state index contributed by atoms with van der Waals surface area (Å²) in [7, 11) is 0. The summed E-state index contributed by atoms with van der Waals surface area (Å²) in [6, 6.07) is 13.0. The minimum absolute atomic E-state index is 0.281. The number of piperidine rings is 1. The van der Waals surface area contributed by atoms with Crippen molar-refractivity contribution >= 4 is 16.6 Å². The number of nitrogens with zero attached hydrogens (tertiary/aromatic N) is 4. The number of alkyl halides is 3. The highest BCUT2D eigenvalue weighted by Gasteiger charge is 2.38. The van der Waals surface area contributed by atoms with Gasteiger partial charge in [0.05, 0.1) is 23.5 Å². The second kappa shape index (κ2) is 9.62. The van der Waals surface area contributed by atoms with Crippen LogP contribution < -0.4 is 9.64 Å². The first-order chi connectivity index (χ1) is 18.0. The molecule has 0 amide bonds. The summed E-state index contributed by atoms with van der Waals surface area (Å²) in [5, 5.41) is 22.4. The van der Waals surface area contributed by atoms with Crippen LogP contribution in [0.5, 0.6) is 5.75 Å². The van der Waals surface area contributed by atoms with Crippen LogP contribution in [-0.4, -0.2) is 39.6 Å². The Kier molecular flexibility index (Phi) is 6.59. The lowest BCUT2D eigenvalue weighted by Gasteiger charge is -2.39. The van der Waals surface area contributed by atoms with Crippen LogP contribution in [-0.2, 0) is 11.8 Å². The number of aliphatic hydroxyl groups is 1. The molecule has 9 heteroatoms. The van der Waals surface area contributed by atoms with Crippen LogP contribution in [0.25, 0.3) is 16.5 Å². The number of rotatable bonds is 5. The normalized spacial score (nSPS) is 15.7. The van der Waals surface area contributed by atoms with E-state index in [1.54, 1.807) is 6.07 Å². The average molecular weight is 525 g/mol. The lowest BCUT2D eigenvalue weighted by molar-refractivity contribution is -0.137. The molecule has 200 valence electrons. The monoisotopic (exact) mass is 524 g/mol. The number of hydrogen-bond donors (Lipinski definition) is 1. The van der Waals surface area contributed by atoms with E-state index in [0.717, 1.165) is 57.2 Å². The summed E-state index contributed by atoms with van der Waals surface area (Å²) in [5.74, 6) is 1.53. The Balaban J connectivity index is 1.48. The Hall–Kier alpha value is -3.59. The summed E-state index contributed by atoms with van der Waals surface area (Å²) in [6.45, 7) is 9.48. The molecule has 2 aromatic heterocycles. The van der Waals surface area contributed by atoms with Gasteiger partial charge in [0.15, 0.2) is 5.82 Å². The molecule has 4 aromatic rings. The Bertz CT molecular complexity index is 1470. The van der Waals surface area contributed by atoms with Gasteiger partial charge in [0.2, 0.25) is 0 Å². The molecule has 0 spiro atoms. The van der Waals surface area contributed by atoms with Gasteiger partial charge in [-0.15, -0.1) is 5.10 Å². The molecule has 1 aliphatic rings. The van der Waals surface area contributed by atoms with E-state index in [1.807, 2.05) is 38.1 Å². The highest BCUT2D eigenvalue weighted by atomic mass is 19.4. The molecule has 0 bridgehead atoms. The van der Waals surface area contributed by atoms with Crippen molar-refractivity contribution < 1.29 is 23.0 Å². The molecule has 1 N–H and O–H groups in total. The van der Waals surface area contributed by atoms with Crippen molar-refractivity contribution in [3.8, 4) is 11.4 Å². The molecule has 38 heavy (non-hydrogen) atoms. The van der Waals surface area contributed by atoms with Crippen LogP contribution in [0.4, 0.5) is 19.0 Å². The van der Waals surface area contributed by atoms with E-state index >= 15 is 0 Å². The van der Waals surface area contributed by atoms with Crippen molar-refractivity contribution in [2.75, 3.05) is 24.6 Å². The van der Waals surface area contributed by atoms with E-state index in [9.17, 15) is 18.3 Å². The van der Waals surface area contributed by atoms with E-state index in [2.05, 4.69) is 33.5 Å². The minimum Gasteiger partial charge on any atom is -0.494 e. The summed E-state index contributed by atoms with van der Waals surface area (Å²) in [4.78, 5) is 2.08. The number of anilines is 1. The zero-order valence-electron chi connectivity index (χ0n) is 21.9. The van der Waals surface area contributed by atoms with Crippen LogP contribution in [0.3, 0.4) is 0 Å². The fourth-order valence-corrected chi connectivity index (χ4v) is 5.60. The maximum atomic E-state index is 13.3. The molecule has 0 atom stereocenters. The third kappa shape index (κ3) is 4.49. The van der Waals surface area contributed by atoms with E-state index in [4.69, 9.17) is 4.74 Å². The third-order valence-electron chi connectivity index (χ3n) is 7.55. The number of benzene rings is 2. The summed E-state index contributed by atoms with van der Waals surface area (Å²) < 4.78 is 47.6. The number of aromatic nitrogens is 3. The number of halogens is 3. The Labute approximate surface area is 219 Å². The number of aryl methyl sites for hydroxylation is 3. The van der Waals surface area contributed by atoms with E-state index in [1.165, 1.54) is 6.07 Å². The van der Waals surface area contributed by atoms with Gasteiger partial charge in [0.1, 0.15) is 5.75 Å². The van der Waals surface area contributed by atoms with Gasteiger partial charge in [-0.2, -0.15) is 18.3 Å². The standard InChI is InChI=1S/C29H31F3N4O2/c1-5-38-24-11-9-23(10-12-24)36-19(3)25-18(2)33-34-27(26(25)20(36)4)35-15-13-28(37,14-16-35)21-7-6-8-22(17-21)29(30,31)32/h6-12,17,37H,5,13-16H2,1-4H3. The number of fused-ring (bicyclic) bond motifs is 1. The molecule has 5 rings (SSSR count). The average Bonchev–Trinajstić information content (AvgIpc) is 3.16. The van der Waals surface area contributed by atoms with Crippen LogP contribution in [0.15, 0.2) is 48.5 Å². The topological polar surface area (TPSA) is 63.4 Å². The van der Waals surface area contributed by atoms with Crippen LogP contribution in [0.1, 0.15) is 48.0 Å². The van der Waals surface area contributed by atoms with Crippen molar-refractivity contribution in [3.63, 3.8) is 0 Å². The smallest absolute Gasteiger partial charge is 0.416 e. The predicted molar refractivity (Wildman–Crippen MR) is 141 cm³/mol. The maximum Gasteiger partial charge on any atom is 0.416 e. The molecule has 0 radical (unpaired) electrons. The quantitative estimate of drug-likeness (QED) is 0.334. The van der Waals surface area contributed by atoms with Crippen LogP contribution in [0.2, 0.25) is 0 Å². The van der Waals surface area contributed by atoms with Gasteiger partial charge < -0.3 is 19.3 Å². The van der Waals surface area contributed by atoms with Crippen molar-refractivity contribution in [3.05, 3.63) is 76.7 Å². The molecule has 1 aliphatic heterocycles. The Morgan fingerprint density at radius 2 is 1.61 bits per heavy atom. The zero-order chi connectivity index (χ0) is 27.2. The second-order valence-corrected chi connectivity index (χ2v) is 9.89. The predicted octanol–water partition coefficient (Wildman–Crippen LogP) is 6.25. The molecule has 0 unspecified atom stereocenters. The van der Waals surface area contributed by atoms with E-state index in [0.29, 0.717) is 25.3 Å². The number of hydrogen-bond acceptors (Lipinski definition) is 5. The minimum atomic E-state index is -4.46. The molecule has 1 fully saturated rings. The van der Waals surface area contributed by atoms with Crippen molar-refractivity contribution in [2.24, 2.45) is 0 Å². The van der Waals surface area contributed by atoms with Gasteiger partial charge in [0.25, 0.3) is 0 Å². The maximum absolute atomic E-state index is 13.3. The molecular weight excluding hydrogens is 493 g/mol. The number of ether oxygens (including phenoxy) is 1. The summed E-state index contributed by atoms with van der Waals surface area (Å²) >= 11 is 0. The highest BCUT2D eigenvalue weighted by molar-refractivity contribution is 5.98. The first-order valence-corrected chi connectivity index (χ1v) is 12.8. The molecule has 0 saturated carbocycles. The van der Waals surface area contributed by atoms with Crippen molar-refractivity contribution in [1.29, 1.82) is 0 Å². The van der Waals surface area contributed by atoms with Crippen LogP contribution >= 0.6 is 0 Å². The molecule has 0 aliphatic carbocycles. The van der Waals surface area contributed by atoms with Gasteiger partial charge in [0, 0.05) is 40.9 Å². The second-order valence-electron chi connectivity index (χ2n) is 9.89. The van der Waals surface area contributed by atoms with Gasteiger partial charge in [-0.05, 0) is 82.5 Å². The molecular formula is C29H31F3N4O2. The van der Waals surface area contributed by atoms with Gasteiger partial charge in [-0.1, -0.05) is 12.1 Å². The summed E-state index contributed by atoms with van der Waals surface area (Å²) in [5.41, 5.74) is 2.10. The fourth-order valence-electron chi connectivity index (χ4n) is 5.60. The molecule has 6 nitrogen and oxygen atoms in total. The Morgan fingerprint density at radius 1 is 0.947 bits per heavy atom. The van der Waals surface area contributed by atoms with Gasteiger partial charge >= 0.3 is 6.18 Å². The largest absolute Gasteiger partial charge is 0.494 e. The SMILES string of the molecule is CCOc1ccc(-n2c(C)c3c(C)nnc(N4CCC(O)(c5cccc(C(F)(F)F)c5)CC4)c3c2C)cc1. The zero-order valence-corrected chi connectivity index (χ0v) is 21.9. The Morgan fingerprint density at radius 3 is 2.24 bits per heavy atom. The lowest BCUT2D eigenvalue weighted by Crippen LogP contribution is -2.43. The van der Waals surface area contributed by atoms with Crippen LogP contribution in [0, 0.1) is 20.8 Å². The first-order valence-electron chi connectivity index (χ1n) is 12.8. The van der Waals surface area contributed by atoms with Gasteiger partial charge in [-0.3, -0.25) is 0 Å². The first kappa shape index (κ1) is 26.0. The van der Waals surface area contributed by atoms with Crippen molar-refractivity contribution in [1.82, 2.24) is 14.8 Å². The molecule has 1 saturated heterocycles. The van der Waals surface area contributed by atoms with Crippen molar-refractivity contribution in [2.45, 2.75) is 52.3 Å².